The number of benzene rings is 1. The van der Waals surface area contributed by atoms with Crippen molar-refractivity contribution in [2.75, 3.05) is 18.5 Å². The van der Waals surface area contributed by atoms with Crippen molar-refractivity contribution in [3.05, 3.63) is 30.3 Å². The number of amides is 1. The van der Waals surface area contributed by atoms with E-state index in [1.54, 1.807) is 4.90 Å². The fraction of sp³-hybridized carbons (Fsp3) is 0.385. The molecule has 1 aliphatic heterocycles. The lowest BCUT2D eigenvalue weighted by Crippen LogP contribution is -2.38. The van der Waals surface area contributed by atoms with Gasteiger partial charge in [0.15, 0.2) is 0 Å². The highest BCUT2D eigenvalue weighted by Gasteiger charge is 2.35. The number of carbonyl (C=O) groups excluding carboxylic acids is 2. The molecule has 0 spiro atoms. The van der Waals surface area contributed by atoms with Crippen molar-refractivity contribution in [1.29, 1.82) is 0 Å². The van der Waals surface area contributed by atoms with E-state index in [-0.39, 0.29) is 12.1 Å². The van der Waals surface area contributed by atoms with Gasteiger partial charge in [0.25, 0.3) is 0 Å². The third-order valence-electron chi connectivity index (χ3n) is 3.04. The van der Waals surface area contributed by atoms with Crippen molar-refractivity contribution in [2.24, 2.45) is 0 Å². The number of aldehydes is 1. The van der Waals surface area contributed by atoms with Crippen LogP contribution in [0.5, 0.6) is 0 Å². The molecule has 90 valence electrons. The molecule has 1 aliphatic rings. The molecule has 0 aliphatic carbocycles. The Morgan fingerprint density at radius 1 is 1.35 bits per heavy atom. The lowest BCUT2D eigenvalue weighted by molar-refractivity contribution is -0.116. The molecule has 0 saturated carbocycles. The topological polar surface area (TPSA) is 40.6 Å². The van der Waals surface area contributed by atoms with Gasteiger partial charge in [-0.25, -0.2) is 0 Å². The molecule has 1 aromatic carbocycles. The zero-order chi connectivity index (χ0) is 12.3. The summed E-state index contributed by atoms with van der Waals surface area (Å²) >= 11 is 0. The number of likely N-dealkylation sites (N-methyl/N-ethyl adjacent to an activating group) is 1. The first kappa shape index (κ1) is 11.8. The van der Waals surface area contributed by atoms with Crippen LogP contribution in [0.3, 0.4) is 0 Å². The number of nitrogens with zero attached hydrogens (tertiary/aromatic N) is 2. The molecule has 4 heteroatoms. The van der Waals surface area contributed by atoms with Gasteiger partial charge < -0.3 is 4.79 Å². The molecular formula is C13H16N2O2. The zero-order valence-corrected chi connectivity index (χ0v) is 9.87. The molecule has 1 unspecified atom stereocenters. The van der Waals surface area contributed by atoms with Gasteiger partial charge in [0.1, 0.15) is 6.29 Å². The van der Waals surface area contributed by atoms with E-state index in [0.717, 1.165) is 12.0 Å². The maximum atomic E-state index is 12.0. The predicted molar refractivity (Wildman–Crippen MR) is 65.6 cm³/mol. The first-order chi connectivity index (χ1) is 8.24. The SMILES string of the molecule is CN1CC(=O)N(c2ccccc2)C1CCC=O. The summed E-state index contributed by atoms with van der Waals surface area (Å²) in [5, 5.41) is 0. The Morgan fingerprint density at radius 3 is 2.71 bits per heavy atom. The van der Waals surface area contributed by atoms with Crippen molar-refractivity contribution >= 4 is 17.9 Å². The van der Waals surface area contributed by atoms with Gasteiger partial charge in [0.2, 0.25) is 5.91 Å². The summed E-state index contributed by atoms with van der Waals surface area (Å²) in [6.07, 6.45) is 2.06. The minimum Gasteiger partial charge on any atom is -0.303 e. The van der Waals surface area contributed by atoms with Crippen LogP contribution in [0.15, 0.2) is 30.3 Å². The van der Waals surface area contributed by atoms with Gasteiger partial charge in [-0.1, -0.05) is 18.2 Å². The van der Waals surface area contributed by atoms with Gasteiger partial charge in [-0.3, -0.25) is 14.6 Å². The highest BCUT2D eigenvalue weighted by atomic mass is 16.2. The van der Waals surface area contributed by atoms with Crippen LogP contribution < -0.4 is 4.90 Å². The van der Waals surface area contributed by atoms with Crippen molar-refractivity contribution < 1.29 is 9.59 Å². The molecule has 0 bridgehead atoms. The number of para-hydroxylation sites is 1. The average molecular weight is 232 g/mol. The Labute approximate surface area is 101 Å². The normalized spacial score (nSPS) is 20.9. The van der Waals surface area contributed by atoms with Crippen LogP contribution in [-0.4, -0.2) is 36.9 Å². The third-order valence-corrected chi connectivity index (χ3v) is 3.04. The fourth-order valence-corrected chi connectivity index (χ4v) is 2.23. The molecule has 4 nitrogen and oxygen atoms in total. The molecule has 1 aromatic rings. The summed E-state index contributed by atoms with van der Waals surface area (Å²) < 4.78 is 0. The summed E-state index contributed by atoms with van der Waals surface area (Å²) in [6, 6.07) is 9.60. The average Bonchev–Trinajstić information content (AvgIpc) is 2.62. The maximum Gasteiger partial charge on any atom is 0.242 e. The quantitative estimate of drug-likeness (QED) is 0.734. The monoisotopic (exact) mass is 232 g/mol. The zero-order valence-electron chi connectivity index (χ0n) is 9.87. The molecule has 0 N–H and O–H groups in total. The molecule has 1 fully saturated rings. The second-order valence-corrected chi connectivity index (χ2v) is 4.24. The van der Waals surface area contributed by atoms with Crippen LogP contribution in [0.25, 0.3) is 0 Å². The number of hydrogen-bond donors (Lipinski definition) is 0. The van der Waals surface area contributed by atoms with Gasteiger partial charge in [-0.2, -0.15) is 0 Å². The second kappa shape index (κ2) is 5.10. The van der Waals surface area contributed by atoms with E-state index in [4.69, 9.17) is 0 Å². The molecule has 17 heavy (non-hydrogen) atoms. The van der Waals surface area contributed by atoms with E-state index in [0.29, 0.717) is 19.4 Å². The Kier molecular flexibility index (Phi) is 3.54. The standard InChI is InChI=1S/C13H16N2O2/c1-14-10-13(17)15(12(14)8-5-9-16)11-6-3-2-4-7-11/h2-4,6-7,9,12H,5,8,10H2,1H3. The van der Waals surface area contributed by atoms with Crippen molar-refractivity contribution in [2.45, 2.75) is 19.0 Å². The first-order valence-electron chi connectivity index (χ1n) is 5.75. The Morgan fingerprint density at radius 2 is 2.06 bits per heavy atom. The molecule has 1 amide bonds. The summed E-state index contributed by atoms with van der Waals surface area (Å²) in [5.74, 6) is 0.0922. The number of carbonyl (C=O) groups is 2. The van der Waals surface area contributed by atoms with Crippen molar-refractivity contribution in [3.63, 3.8) is 0 Å². The van der Waals surface area contributed by atoms with Gasteiger partial charge in [-0.05, 0) is 25.6 Å². The number of hydrogen-bond acceptors (Lipinski definition) is 3. The first-order valence-corrected chi connectivity index (χ1v) is 5.75. The summed E-state index contributed by atoms with van der Waals surface area (Å²) in [5.41, 5.74) is 0.901. The van der Waals surface area contributed by atoms with Gasteiger partial charge >= 0.3 is 0 Å². The minimum absolute atomic E-state index is 0.00454. The summed E-state index contributed by atoms with van der Waals surface area (Å²) in [4.78, 5) is 26.2. The highest BCUT2D eigenvalue weighted by molar-refractivity contribution is 5.97. The van der Waals surface area contributed by atoms with Crippen LogP contribution in [0.4, 0.5) is 5.69 Å². The van der Waals surface area contributed by atoms with E-state index in [9.17, 15) is 9.59 Å². The highest BCUT2D eigenvalue weighted by Crippen LogP contribution is 2.25. The molecule has 1 atom stereocenters. The Bertz CT molecular complexity index is 405. The maximum absolute atomic E-state index is 12.0. The van der Waals surface area contributed by atoms with E-state index >= 15 is 0 Å². The lowest BCUT2D eigenvalue weighted by atomic mass is 10.2. The Balaban J connectivity index is 2.23. The van der Waals surface area contributed by atoms with Crippen LogP contribution >= 0.6 is 0 Å². The van der Waals surface area contributed by atoms with Crippen LogP contribution in [0.2, 0.25) is 0 Å². The summed E-state index contributed by atoms with van der Waals surface area (Å²) in [7, 11) is 1.91. The van der Waals surface area contributed by atoms with Crippen molar-refractivity contribution in [1.82, 2.24) is 4.90 Å². The van der Waals surface area contributed by atoms with Crippen molar-refractivity contribution in [3.8, 4) is 0 Å². The minimum atomic E-state index is -0.00454. The summed E-state index contributed by atoms with van der Waals surface area (Å²) in [6.45, 7) is 0.415. The van der Waals surface area contributed by atoms with Crippen LogP contribution in [-0.2, 0) is 9.59 Å². The molecule has 2 rings (SSSR count). The molecular weight excluding hydrogens is 216 g/mol. The molecule has 0 aromatic heterocycles. The van der Waals surface area contributed by atoms with Crippen LogP contribution in [0, 0.1) is 0 Å². The van der Waals surface area contributed by atoms with E-state index in [1.165, 1.54) is 0 Å². The van der Waals surface area contributed by atoms with Crippen LogP contribution in [0.1, 0.15) is 12.8 Å². The second-order valence-electron chi connectivity index (χ2n) is 4.24. The van der Waals surface area contributed by atoms with Gasteiger partial charge in [0.05, 0.1) is 12.7 Å². The van der Waals surface area contributed by atoms with Gasteiger partial charge in [-0.15, -0.1) is 0 Å². The smallest absolute Gasteiger partial charge is 0.242 e. The third kappa shape index (κ3) is 2.36. The largest absolute Gasteiger partial charge is 0.303 e. The Hall–Kier alpha value is -1.68. The van der Waals surface area contributed by atoms with E-state index < -0.39 is 0 Å². The molecule has 1 saturated heterocycles. The van der Waals surface area contributed by atoms with Gasteiger partial charge in [0, 0.05) is 12.1 Å². The lowest BCUT2D eigenvalue weighted by Gasteiger charge is -2.27. The number of rotatable bonds is 4. The number of anilines is 1. The van der Waals surface area contributed by atoms with E-state index in [1.807, 2.05) is 42.3 Å². The predicted octanol–water partition coefficient (Wildman–Crippen LogP) is 1.27. The molecule has 1 heterocycles. The fourth-order valence-electron chi connectivity index (χ4n) is 2.23. The van der Waals surface area contributed by atoms with E-state index in [2.05, 4.69) is 0 Å². The molecule has 0 radical (unpaired) electrons.